The Bertz CT molecular complexity index is 192. The van der Waals surface area contributed by atoms with Crippen molar-refractivity contribution in [3.8, 4) is 0 Å². The highest BCUT2D eigenvalue weighted by molar-refractivity contribution is 5.86. The minimum Gasteiger partial charge on any atom is -0.371 e. The maximum Gasteiger partial charge on any atom is 0.105 e. The molecule has 0 amide bonds. The van der Waals surface area contributed by atoms with Crippen LogP contribution in [0.3, 0.4) is 0 Å². The Morgan fingerprint density at radius 1 is 1.36 bits per heavy atom. The molecule has 2 heterocycles. The summed E-state index contributed by atoms with van der Waals surface area (Å²) in [6.45, 7) is 7.49. The second kappa shape index (κ2) is 2.21. The summed E-state index contributed by atoms with van der Waals surface area (Å²) in [5.41, 5.74) is 0.236. The molecule has 3 heteroatoms. The van der Waals surface area contributed by atoms with E-state index in [1.54, 1.807) is 0 Å². The van der Waals surface area contributed by atoms with Gasteiger partial charge < -0.3 is 10.6 Å². The van der Waals surface area contributed by atoms with Crippen LogP contribution in [0.4, 0.5) is 0 Å². The Hall–Kier alpha value is -0.570. The number of hydrogen-bond donors (Lipinski definition) is 2. The van der Waals surface area contributed by atoms with Crippen molar-refractivity contribution >= 4 is 5.84 Å². The number of amidine groups is 1. The van der Waals surface area contributed by atoms with Gasteiger partial charge in [0.1, 0.15) is 5.54 Å². The first kappa shape index (κ1) is 7.10. The zero-order valence-corrected chi connectivity index (χ0v) is 7.15. The van der Waals surface area contributed by atoms with Crippen LogP contribution in [0.15, 0.2) is 4.99 Å². The number of nitrogens with zero attached hydrogens (tertiary/aromatic N) is 1. The van der Waals surface area contributed by atoms with Crippen molar-refractivity contribution in [3.05, 3.63) is 0 Å². The Balaban J connectivity index is 2.09. The second-order valence-electron chi connectivity index (χ2n) is 3.83. The van der Waals surface area contributed by atoms with E-state index < -0.39 is 0 Å². The molecule has 2 aliphatic heterocycles. The lowest BCUT2D eigenvalue weighted by Gasteiger charge is -2.35. The topological polar surface area (TPSA) is 36.4 Å². The van der Waals surface area contributed by atoms with E-state index >= 15 is 0 Å². The summed E-state index contributed by atoms with van der Waals surface area (Å²) in [7, 11) is 0. The van der Waals surface area contributed by atoms with Crippen molar-refractivity contribution in [1.82, 2.24) is 10.6 Å². The van der Waals surface area contributed by atoms with E-state index in [9.17, 15) is 0 Å². The molecule has 2 rings (SSSR count). The zero-order valence-electron chi connectivity index (χ0n) is 7.15. The van der Waals surface area contributed by atoms with E-state index in [0.717, 1.165) is 19.6 Å². The van der Waals surface area contributed by atoms with Gasteiger partial charge in [0.15, 0.2) is 0 Å². The van der Waals surface area contributed by atoms with Gasteiger partial charge in [-0.2, -0.15) is 0 Å². The van der Waals surface area contributed by atoms with Gasteiger partial charge in [0.25, 0.3) is 0 Å². The molecular formula is C8H15N3. The highest BCUT2D eigenvalue weighted by Crippen LogP contribution is 2.21. The predicted octanol–water partition coefficient (Wildman–Crippen LogP) is -0.0139. The molecule has 2 N–H and O–H groups in total. The standard InChI is InChI=1S/C8H15N3/c1-6(2)7-10-5-8(11-7)3-9-4-8/h6,9H,3-5H2,1-2H3,(H,10,11). The first-order chi connectivity index (χ1) is 5.22. The van der Waals surface area contributed by atoms with E-state index in [4.69, 9.17) is 0 Å². The highest BCUT2D eigenvalue weighted by atomic mass is 15.2. The van der Waals surface area contributed by atoms with Gasteiger partial charge in [-0.25, -0.2) is 0 Å². The molecule has 62 valence electrons. The third kappa shape index (κ3) is 1.03. The quantitative estimate of drug-likeness (QED) is 0.555. The largest absolute Gasteiger partial charge is 0.371 e. The summed E-state index contributed by atoms with van der Waals surface area (Å²) in [4.78, 5) is 4.67. The minimum absolute atomic E-state index is 0.236. The SMILES string of the molecule is CC(C)C1=NC2(CNC2)CN1. The molecule has 0 radical (unpaired) electrons. The van der Waals surface area contributed by atoms with Crippen molar-refractivity contribution in [2.45, 2.75) is 19.4 Å². The summed E-state index contributed by atoms with van der Waals surface area (Å²) < 4.78 is 0. The Morgan fingerprint density at radius 3 is 2.36 bits per heavy atom. The molecule has 2 aliphatic rings. The number of hydrogen-bond acceptors (Lipinski definition) is 3. The molecule has 0 atom stereocenters. The summed E-state index contributed by atoms with van der Waals surface area (Å²) in [5.74, 6) is 1.74. The summed E-state index contributed by atoms with van der Waals surface area (Å²) in [6, 6.07) is 0. The first-order valence-corrected chi connectivity index (χ1v) is 4.26. The van der Waals surface area contributed by atoms with Crippen molar-refractivity contribution in [2.75, 3.05) is 19.6 Å². The molecule has 1 fully saturated rings. The molecule has 3 nitrogen and oxygen atoms in total. The summed E-state index contributed by atoms with van der Waals surface area (Å²) in [5, 5.41) is 6.62. The van der Waals surface area contributed by atoms with E-state index in [0.29, 0.717) is 5.92 Å². The predicted molar refractivity (Wildman–Crippen MR) is 45.9 cm³/mol. The van der Waals surface area contributed by atoms with Crippen LogP contribution in [0.1, 0.15) is 13.8 Å². The lowest BCUT2D eigenvalue weighted by molar-refractivity contribution is 0.300. The third-order valence-corrected chi connectivity index (χ3v) is 2.41. The highest BCUT2D eigenvalue weighted by Gasteiger charge is 2.40. The molecule has 0 aliphatic carbocycles. The molecule has 0 unspecified atom stereocenters. The summed E-state index contributed by atoms with van der Waals surface area (Å²) in [6.07, 6.45) is 0. The van der Waals surface area contributed by atoms with Crippen LogP contribution in [0, 0.1) is 5.92 Å². The minimum atomic E-state index is 0.236. The maximum atomic E-state index is 4.67. The van der Waals surface area contributed by atoms with Crippen LogP contribution >= 0.6 is 0 Å². The molecule has 1 saturated heterocycles. The molecule has 0 aromatic heterocycles. The van der Waals surface area contributed by atoms with Gasteiger partial charge in [0.2, 0.25) is 0 Å². The average molecular weight is 153 g/mol. The molecular weight excluding hydrogens is 138 g/mol. The van der Waals surface area contributed by atoms with Crippen LogP contribution in [0.5, 0.6) is 0 Å². The van der Waals surface area contributed by atoms with Crippen molar-refractivity contribution in [1.29, 1.82) is 0 Å². The van der Waals surface area contributed by atoms with Crippen LogP contribution in [0.25, 0.3) is 0 Å². The van der Waals surface area contributed by atoms with Gasteiger partial charge in [-0.3, -0.25) is 4.99 Å². The molecule has 1 spiro atoms. The zero-order chi connectivity index (χ0) is 7.90. The smallest absolute Gasteiger partial charge is 0.105 e. The number of rotatable bonds is 1. The normalized spacial score (nSPS) is 26.6. The number of nitrogens with one attached hydrogen (secondary N) is 2. The fourth-order valence-electron chi connectivity index (χ4n) is 1.54. The Labute approximate surface area is 67.3 Å². The fraction of sp³-hybridized carbons (Fsp3) is 0.875. The van der Waals surface area contributed by atoms with Crippen LogP contribution in [0.2, 0.25) is 0 Å². The lowest BCUT2D eigenvalue weighted by Crippen LogP contribution is -2.60. The van der Waals surface area contributed by atoms with Crippen LogP contribution in [-0.2, 0) is 0 Å². The van der Waals surface area contributed by atoms with Crippen molar-refractivity contribution < 1.29 is 0 Å². The molecule has 0 aromatic carbocycles. The first-order valence-electron chi connectivity index (χ1n) is 4.26. The second-order valence-corrected chi connectivity index (χ2v) is 3.83. The molecule has 0 saturated carbocycles. The lowest BCUT2D eigenvalue weighted by atomic mass is 9.95. The maximum absolute atomic E-state index is 4.67. The molecule has 0 aromatic rings. The van der Waals surface area contributed by atoms with Gasteiger partial charge in [-0.05, 0) is 0 Å². The summed E-state index contributed by atoms with van der Waals surface area (Å²) >= 11 is 0. The van der Waals surface area contributed by atoms with Crippen molar-refractivity contribution in [2.24, 2.45) is 10.9 Å². The Kier molecular flexibility index (Phi) is 1.42. The van der Waals surface area contributed by atoms with Crippen LogP contribution < -0.4 is 10.6 Å². The van der Waals surface area contributed by atoms with Gasteiger partial charge in [-0.15, -0.1) is 0 Å². The van der Waals surface area contributed by atoms with Gasteiger partial charge in [0.05, 0.1) is 5.84 Å². The van der Waals surface area contributed by atoms with E-state index in [1.807, 2.05) is 0 Å². The van der Waals surface area contributed by atoms with E-state index in [-0.39, 0.29) is 5.54 Å². The fourth-order valence-corrected chi connectivity index (χ4v) is 1.54. The van der Waals surface area contributed by atoms with Crippen molar-refractivity contribution in [3.63, 3.8) is 0 Å². The monoisotopic (exact) mass is 153 g/mol. The van der Waals surface area contributed by atoms with E-state index in [2.05, 4.69) is 29.5 Å². The van der Waals surface area contributed by atoms with E-state index in [1.165, 1.54) is 5.84 Å². The average Bonchev–Trinajstić information content (AvgIpc) is 2.28. The van der Waals surface area contributed by atoms with Gasteiger partial charge >= 0.3 is 0 Å². The van der Waals surface area contributed by atoms with Gasteiger partial charge in [-0.1, -0.05) is 13.8 Å². The molecule has 11 heavy (non-hydrogen) atoms. The van der Waals surface area contributed by atoms with Gasteiger partial charge in [0, 0.05) is 25.6 Å². The Morgan fingerprint density at radius 2 is 2.09 bits per heavy atom. The third-order valence-electron chi connectivity index (χ3n) is 2.41. The number of aliphatic imine (C=N–C) groups is 1. The molecule has 0 bridgehead atoms. The van der Waals surface area contributed by atoms with Crippen LogP contribution in [-0.4, -0.2) is 31.0 Å².